The quantitative estimate of drug-likeness (QED) is 0.869. The number of anilines is 1. The molecule has 1 saturated carbocycles. The molecule has 7 nitrogen and oxygen atoms in total. The smallest absolute Gasteiger partial charge is 0.318 e. The minimum atomic E-state index is -0.207. The molecule has 1 aromatic heterocycles. The Hall–Kier alpha value is -1.63. The highest BCUT2D eigenvalue weighted by Gasteiger charge is 2.40. The third-order valence-corrected chi connectivity index (χ3v) is 4.95. The number of carbonyl (C=O) groups excluding carboxylic acids is 1. The number of amides is 1. The number of hydrogen-bond acceptors (Lipinski definition) is 6. The molecule has 4 rings (SSSR count). The van der Waals surface area contributed by atoms with Crippen LogP contribution in [0.4, 0.5) is 6.01 Å². The van der Waals surface area contributed by atoms with Crippen LogP contribution in [0.25, 0.3) is 0 Å². The number of rotatable bonds is 2. The molecule has 0 atom stereocenters. The average Bonchev–Trinajstić information content (AvgIpc) is 2.91. The summed E-state index contributed by atoms with van der Waals surface area (Å²) < 4.78 is 11.6. The third kappa shape index (κ3) is 2.39. The van der Waals surface area contributed by atoms with Crippen LogP contribution in [0, 0.1) is 0 Å². The first-order valence-corrected chi connectivity index (χ1v) is 7.73. The molecule has 1 aromatic rings. The van der Waals surface area contributed by atoms with Crippen LogP contribution >= 0.6 is 0 Å². The van der Waals surface area contributed by atoms with E-state index >= 15 is 0 Å². The Morgan fingerprint density at radius 1 is 1.24 bits per heavy atom. The maximum absolute atomic E-state index is 11.2. The van der Waals surface area contributed by atoms with Gasteiger partial charge in [-0.05, 0) is 25.7 Å². The summed E-state index contributed by atoms with van der Waals surface area (Å²) in [7, 11) is 0. The van der Waals surface area contributed by atoms with Gasteiger partial charge in [0.2, 0.25) is 11.8 Å². The second-order valence-corrected chi connectivity index (χ2v) is 6.29. The zero-order valence-corrected chi connectivity index (χ0v) is 12.0. The number of nitrogens with zero attached hydrogens (tertiary/aromatic N) is 3. The van der Waals surface area contributed by atoms with E-state index in [1.807, 2.05) is 0 Å². The van der Waals surface area contributed by atoms with E-state index in [4.69, 9.17) is 9.15 Å². The lowest BCUT2D eigenvalue weighted by Crippen LogP contribution is -2.57. The second kappa shape index (κ2) is 4.98. The Bertz CT molecular complexity index is 520. The fraction of sp³-hybridized carbons (Fsp3) is 0.786. The lowest BCUT2D eigenvalue weighted by Gasteiger charge is -2.43. The number of nitrogens with one attached hydrogen (secondary N) is 1. The van der Waals surface area contributed by atoms with Crippen LogP contribution < -0.4 is 10.2 Å². The summed E-state index contributed by atoms with van der Waals surface area (Å²) >= 11 is 0. The van der Waals surface area contributed by atoms with E-state index in [-0.39, 0.29) is 18.1 Å². The number of ether oxygens (including phenoxy) is 1. The van der Waals surface area contributed by atoms with Crippen LogP contribution in [0.2, 0.25) is 0 Å². The fourth-order valence-electron chi connectivity index (χ4n) is 3.18. The van der Waals surface area contributed by atoms with Gasteiger partial charge < -0.3 is 19.4 Å². The zero-order valence-electron chi connectivity index (χ0n) is 12.0. The Labute approximate surface area is 123 Å². The molecule has 7 heteroatoms. The SMILES string of the molecule is O=C1COC2(CCN(c3nnc(C4CCC4)o3)CC2)CN1. The Balaban J connectivity index is 1.38. The Morgan fingerprint density at radius 2 is 2.05 bits per heavy atom. The molecule has 0 bridgehead atoms. The number of hydrogen-bond donors (Lipinski definition) is 1. The first-order valence-electron chi connectivity index (χ1n) is 7.73. The largest absolute Gasteiger partial charge is 0.408 e. The number of carbonyl (C=O) groups is 1. The monoisotopic (exact) mass is 292 g/mol. The molecule has 3 fully saturated rings. The third-order valence-electron chi connectivity index (χ3n) is 4.95. The van der Waals surface area contributed by atoms with Crippen molar-refractivity contribution in [2.45, 2.75) is 43.6 Å². The molecule has 21 heavy (non-hydrogen) atoms. The van der Waals surface area contributed by atoms with Crippen molar-refractivity contribution in [2.24, 2.45) is 0 Å². The molecule has 0 unspecified atom stereocenters. The van der Waals surface area contributed by atoms with Crippen LogP contribution in [0.5, 0.6) is 0 Å². The van der Waals surface area contributed by atoms with Gasteiger partial charge in [0.05, 0.1) is 5.60 Å². The molecular formula is C14H20N4O3. The van der Waals surface area contributed by atoms with Crippen LogP contribution in [0.3, 0.4) is 0 Å². The van der Waals surface area contributed by atoms with Crippen molar-refractivity contribution >= 4 is 11.9 Å². The first-order chi connectivity index (χ1) is 10.2. The van der Waals surface area contributed by atoms with Crippen molar-refractivity contribution in [3.63, 3.8) is 0 Å². The van der Waals surface area contributed by atoms with Gasteiger partial charge in [0.15, 0.2) is 0 Å². The van der Waals surface area contributed by atoms with Crippen LogP contribution in [-0.4, -0.2) is 47.9 Å². The summed E-state index contributed by atoms with van der Waals surface area (Å²) in [6.07, 6.45) is 5.33. The number of piperidine rings is 1. The first kappa shape index (κ1) is 13.1. The summed E-state index contributed by atoms with van der Waals surface area (Å²) in [5.41, 5.74) is -0.207. The van der Waals surface area contributed by atoms with Crippen molar-refractivity contribution in [1.82, 2.24) is 15.5 Å². The normalized spacial score (nSPS) is 25.7. The van der Waals surface area contributed by atoms with E-state index in [0.717, 1.165) is 44.7 Å². The molecule has 114 valence electrons. The fourth-order valence-corrected chi connectivity index (χ4v) is 3.18. The molecule has 2 saturated heterocycles. The van der Waals surface area contributed by atoms with Crippen molar-refractivity contribution in [3.8, 4) is 0 Å². The highest BCUT2D eigenvalue weighted by molar-refractivity contribution is 5.78. The minimum Gasteiger partial charge on any atom is -0.408 e. The summed E-state index contributed by atoms with van der Waals surface area (Å²) in [6, 6.07) is 0.631. The molecular weight excluding hydrogens is 272 g/mol. The van der Waals surface area contributed by atoms with E-state index in [1.165, 1.54) is 6.42 Å². The topological polar surface area (TPSA) is 80.5 Å². The van der Waals surface area contributed by atoms with E-state index in [2.05, 4.69) is 20.4 Å². The van der Waals surface area contributed by atoms with Crippen molar-refractivity contribution in [3.05, 3.63) is 5.89 Å². The van der Waals surface area contributed by atoms with Gasteiger partial charge in [-0.25, -0.2) is 0 Å². The van der Waals surface area contributed by atoms with Crippen LogP contribution in [-0.2, 0) is 9.53 Å². The summed E-state index contributed by atoms with van der Waals surface area (Å²) in [5.74, 6) is 1.24. The predicted octanol–water partition coefficient (Wildman–Crippen LogP) is 0.822. The molecule has 2 aliphatic heterocycles. The van der Waals surface area contributed by atoms with Gasteiger partial charge in [0, 0.05) is 25.6 Å². The van der Waals surface area contributed by atoms with Gasteiger partial charge in [-0.15, -0.1) is 5.10 Å². The molecule has 1 N–H and O–H groups in total. The second-order valence-electron chi connectivity index (χ2n) is 6.29. The number of morpholine rings is 1. The lowest BCUT2D eigenvalue weighted by molar-refractivity contribution is -0.146. The van der Waals surface area contributed by atoms with Gasteiger partial charge in [0.1, 0.15) is 6.61 Å². The molecule has 1 spiro atoms. The average molecular weight is 292 g/mol. The van der Waals surface area contributed by atoms with Crippen molar-refractivity contribution < 1.29 is 13.9 Å². The van der Waals surface area contributed by atoms with Crippen molar-refractivity contribution in [2.75, 3.05) is 31.1 Å². The zero-order chi connectivity index (χ0) is 14.3. The highest BCUT2D eigenvalue weighted by atomic mass is 16.5. The van der Waals surface area contributed by atoms with Crippen molar-refractivity contribution in [1.29, 1.82) is 0 Å². The number of aromatic nitrogens is 2. The minimum absolute atomic E-state index is 0.0231. The molecule has 3 heterocycles. The molecule has 1 amide bonds. The Morgan fingerprint density at radius 3 is 2.67 bits per heavy atom. The molecule has 0 aromatic carbocycles. The maximum Gasteiger partial charge on any atom is 0.318 e. The summed E-state index contributed by atoms with van der Waals surface area (Å²) in [4.78, 5) is 13.3. The standard InChI is InChI=1S/C14H20N4O3/c19-11-8-20-14(9-15-11)4-6-18(7-5-14)13-17-16-12(21-13)10-2-1-3-10/h10H,1-9H2,(H,15,19). The molecule has 3 aliphatic rings. The van der Waals surface area contributed by atoms with E-state index in [1.54, 1.807) is 0 Å². The van der Waals surface area contributed by atoms with Gasteiger partial charge in [-0.2, -0.15) is 0 Å². The lowest BCUT2D eigenvalue weighted by atomic mass is 9.85. The maximum atomic E-state index is 11.2. The summed E-state index contributed by atoms with van der Waals surface area (Å²) in [5, 5.41) is 11.3. The van der Waals surface area contributed by atoms with E-state index < -0.39 is 0 Å². The van der Waals surface area contributed by atoms with Gasteiger partial charge in [0.25, 0.3) is 0 Å². The van der Waals surface area contributed by atoms with Gasteiger partial charge in [-0.1, -0.05) is 11.5 Å². The van der Waals surface area contributed by atoms with Gasteiger partial charge >= 0.3 is 6.01 Å². The van der Waals surface area contributed by atoms with E-state index in [9.17, 15) is 4.79 Å². The molecule has 1 aliphatic carbocycles. The van der Waals surface area contributed by atoms with Crippen LogP contribution in [0.15, 0.2) is 4.42 Å². The van der Waals surface area contributed by atoms with Crippen LogP contribution in [0.1, 0.15) is 43.9 Å². The summed E-state index contributed by atoms with van der Waals surface area (Å²) in [6.45, 7) is 2.42. The Kier molecular flexibility index (Phi) is 3.10. The molecule has 0 radical (unpaired) electrons. The van der Waals surface area contributed by atoms with Gasteiger partial charge in [-0.3, -0.25) is 4.79 Å². The highest BCUT2D eigenvalue weighted by Crippen LogP contribution is 2.37. The predicted molar refractivity (Wildman–Crippen MR) is 74.0 cm³/mol. The van der Waals surface area contributed by atoms with E-state index in [0.29, 0.717) is 18.5 Å².